The highest BCUT2D eigenvalue weighted by molar-refractivity contribution is 6.10. The van der Waals surface area contributed by atoms with Crippen molar-refractivity contribution in [2.75, 3.05) is 0 Å². The molecule has 6 aromatic carbocycles. The fourth-order valence-corrected chi connectivity index (χ4v) is 6.74. The molecule has 0 saturated heterocycles. The quantitative estimate of drug-likeness (QED) is 0.203. The van der Waals surface area contributed by atoms with Crippen molar-refractivity contribution < 1.29 is 13.9 Å². The van der Waals surface area contributed by atoms with E-state index in [1.54, 1.807) is 0 Å². The van der Waals surface area contributed by atoms with Gasteiger partial charge in [0.1, 0.15) is 22.7 Å². The maximum atomic E-state index is 9.56. The molecule has 45 heavy (non-hydrogen) atoms. The van der Waals surface area contributed by atoms with E-state index in [1.165, 1.54) is 0 Å². The van der Waals surface area contributed by atoms with E-state index in [0.29, 0.717) is 5.56 Å². The monoisotopic (exact) mass is 582 g/mol. The summed E-state index contributed by atoms with van der Waals surface area (Å²) in [5, 5.41) is 13.9. The van der Waals surface area contributed by atoms with Gasteiger partial charge < -0.3 is 18.5 Å². The van der Waals surface area contributed by atoms with Crippen LogP contribution in [0.4, 0.5) is 0 Å². The van der Waals surface area contributed by atoms with Crippen LogP contribution in [-0.4, -0.2) is 10.4 Å². The first kappa shape index (κ1) is 25.5. The van der Waals surface area contributed by atoms with Crippen LogP contribution in [0.1, 0.15) is 19.4 Å². The molecule has 0 N–H and O–H groups in total. The lowest BCUT2D eigenvalue weighted by molar-refractivity contribution is -0.0778. The third kappa shape index (κ3) is 3.93. The van der Waals surface area contributed by atoms with Crippen molar-refractivity contribution in [2.24, 2.45) is 0 Å². The van der Waals surface area contributed by atoms with Crippen LogP contribution >= 0.6 is 0 Å². The Morgan fingerprint density at radius 2 is 1.31 bits per heavy atom. The lowest BCUT2D eigenvalue weighted by Gasteiger charge is -2.26. The first-order chi connectivity index (χ1) is 22.0. The van der Waals surface area contributed by atoms with E-state index in [-0.39, 0.29) is 0 Å². The molecule has 1 aliphatic rings. The second kappa shape index (κ2) is 9.25. The first-order valence-electron chi connectivity index (χ1n) is 15.0. The highest BCUT2D eigenvalue weighted by Gasteiger charge is 2.30. The summed E-state index contributed by atoms with van der Waals surface area (Å²) in [6.07, 6.45) is 0. The fraction of sp³-hybridized carbons (Fsp3) is 0.0750. The van der Waals surface area contributed by atoms with Crippen LogP contribution in [0.3, 0.4) is 0 Å². The minimum Gasteiger partial charge on any atom is -0.456 e. The van der Waals surface area contributed by atoms with Crippen molar-refractivity contribution in [3.05, 3.63) is 127 Å². The van der Waals surface area contributed by atoms with E-state index in [4.69, 9.17) is 13.9 Å². The summed E-state index contributed by atoms with van der Waals surface area (Å²) in [6.45, 7) is 3.87. The summed E-state index contributed by atoms with van der Waals surface area (Å²) in [5.74, 6) is 0.609. The molecular formula is C40H26N2O3. The Morgan fingerprint density at radius 1 is 0.578 bits per heavy atom. The second-order valence-corrected chi connectivity index (χ2v) is 12.0. The summed E-state index contributed by atoms with van der Waals surface area (Å²) >= 11 is 0. The van der Waals surface area contributed by atoms with Crippen LogP contribution in [-0.2, 0) is 0 Å². The van der Waals surface area contributed by atoms with Gasteiger partial charge in [0.15, 0.2) is 0 Å². The minimum atomic E-state index is -0.893. The first-order valence-corrected chi connectivity index (χ1v) is 15.0. The number of nitriles is 1. The van der Waals surface area contributed by atoms with Crippen LogP contribution < -0.4 is 9.47 Å². The molecule has 8 aromatic rings. The minimum absolute atomic E-state index is 0.640. The number of para-hydroxylation sites is 2. The van der Waals surface area contributed by atoms with E-state index in [0.717, 1.165) is 83.2 Å². The predicted octanol–water partition coefficient (Wildman–Crippen LogP) is 10.4. The molecule has 0 spiro atoms. The van der Waals surface area contributed by atoms with Gasteiger partial charge in [-0.1, -0.05) is 48.5 Å². The van der Waals surface area contributed by atoms with Gasteiger partial charge in [0.25, 0.3) is 0 Å². The standard InChI is InChI=1S/C40H26N2O3/c1-40(2)44-37-18-13-25(26-12-15-30-29-8-4-6-10-36(29)43-38(30)21-26)20-33(37)31-16-14-27(22-39(31)45-40)42-34-9-5-3-7-28(34)32-19-24(23-41)11-17-35(32)42/h3-22H,1-2H3. The Bertz CT molecular complexity index is 2540. The Balaban J connectivity index is 1.21. The Kier molecular flexibility index (Phi) is 5.24. The van der Waals surface area contributed by atoms with Gasteiger partial charge in [-0.15, -0.1) is 0 Å². The number of hydrogen-bond donors (Lipinski definition) is 0. The van der Waals surface area contributed by atoms with Gasteiger partial charge in [0, 0.05) is 58.3 Å². The van der Waals surface area contributed by atoms with Crippen molar-refractivity contribution in [3.8, 4) is 45.5 Å². The summed E-state index contributed by atoms with van der Waals surface area (Å²) in [7, 11) is 0. The Labute approximate surface area is 259 Å². The van der Waals surface area contributed by atoms with Gasteiger partial charge in [-0.25, -0.2) is 0 Å². The van der Waals surface area contributed by atoms with Crippen LogP contribution in [0.5, 0.6) is 11.5 Å². The fourth-order valence-electron chi connectivity index (χ4n) is 6.74. The summed E-state index contributed by atoms with van der Waals surface area (Å²) in [5.41, 5.74) is 9.50. The molecule has 3 heterocycles. The number of ether oxygens (including phenoxy) is 2. The molecule has 0 amide bonds. The summed E-state index contributed by atoms with van der Waals surface area (Å²) < 4.78 is 21.4. The summed E-state index contributed by atoms with van der Waals surface area (Å²) in [6, 6.07) is 43.6. The Morgan fingerprint density at radius 3 is 2.20 bits per heavy atom. The SMILES string of the molecule is CC1(C)Oc2cc(-n3c4ccccc4c4cc(C#N)ccc43)ccc2-c2cc(-c3ccc4c(c3)oc3ccccc34)ccc2O1. The van der Waals surface area contributed by atoms with E-state index in [9.17, 15) is 5.26 Å². The molecule has 5 heteroatoms. The average Bonchev–Trinajstić information content (AvgIpc) is 3.56. The lowest BCUT2D eigenvalue weighted by Crippen LogP contribution is -2.34. The van der Waals surface area contributed by atoms with Gasteiger partial charge in [-0.05, 0) is 77.9 Å². The highest BCUT2D eigenvalue weighted by Crippen LogP contribution is 2.46. The van der Waals surface area contributed by atoms with Gasteiger partial charge >= 0.3 is 0 Å². The van der Waals surface area contributed by atoms with Gasteiger partial charge in [0.2, 0.25) is 5.79 Å². The van der Waals surface area contributed by atoms with E-state index >= 15 is 0 Å². The second-order valence-electron chi connectivity index (χ2n) is 12.0. The maximum Gasteiger partial charge on any atom is 0.245 e. The molecule has 214 valence electrons. The van der Waals surface area contributed by atoms with Gasteiger partial charge in [-0.3, -0.25) is 0 Å². The third-order valence-corrected chi connectivity index (χ3v) is 8.72. The van der Waals surface area contributed by atoms with Crippen molar-refractivity contribution in [3.63, 3.8) is 0 Å². The normalized spacial score (nSPS) is 13.6. The van der Waals surface area contributed by atoms with Crippen LogP contribution in [0.15, 0.2) is 126 Å². The number of hydrogen-bond acceptors (Lipinski definition) is 4. The van der Waals surface area contributed by atoms with Crippen molar-refractivity contribution in [1.29, 1.82) is 5.26 Å². The molecule has 0 bridgehead atoms. The van der Waals surface area contributed by atoms with E-state index in [1.807, 2.05) is 68.4 Å². The average molecular weight is 583 g/mol. The molecule has 0 saturated carbocycles. The molecule has 0 atom stereocenters. The molecule has 1 aliphatic heterocycles. The zero-order valence-corrected chi connectivity index (χ0v) is 24.7. The van der Waals surface area contributed by atoms with Crippen molar-refractivity contribution in [2.45, 2.75) is 19.6 Å². The van der Waals surface area contributed by atoms with Crippen molar-refractivity contribution >= 4 is 43.7 Å². The lowest BCUT2D eigenvalue weighted by atomic mass is 9.96. The Hall–Kier alpha value is -5.99. The molecule has 9 rings (SSSR count). The number of aromatic nitrogens is 1. The van der Waals surface area contributed by atoms with Crippen LogP contribution in [0.2, 0.25) is 0 Å². The molecule has 0 fully saturated rings. The summed E-state index contributed by atoms with van der Waals surface area (Å²) in [4.78, 5) is 0. The number of nitrogens with zero attached hydrogens (tertiary/aromatic N) is 2. The van der Waals surface area contributed by atoms with Gasteiger partial charge in [-0.2, -0.15) is 5.26 Å². The third-order valence-electron chi connectivity index (χ3n) is 8.72. The highest BCUT2D eigenvalue weighted by atomic mass is 16.7. The number of rotatable bonds is 2. The molecule has 0 aliphatic carbocycles. The zero-order chi connectivity index (χ0) is 30.3. The maximum absolute atomic E-state index is 9.56. The predicted molar refractivity (Wildman–Crippen MR) is 179 cm³/mol. The topological polar surface area (TPSA) is 60.3 Å². The molecule has 2 aromatic heterocycles. The molecule has 5 nitrogen and oxygen atoms in total. The number of fused-ring (bicyclic) bond motifs is 9. The van der Waals surface area contributed by atoms with Crippen LogP contribution in [0, 0.1) is 11.3 Å². The molecular weight excluding hydrogens is 556 g/mol. The number of furan rings is 1. The van der Waals surface area contributed by atoms with E-state index in [2.05, 4.69) is 77.4 Å². The van der Waals surface area contributed by atoms with Crippen molar-refractivity contribution in [1.82, 2.24) is 4.57 Å². The van der Waals surface area contributed by atoms with Gasteiger partial charge in [0.05, 0.1) is 22.7 Å². The zero-order valence-electron chi connectivity index (χ0n) is 24.7. The van der Waals surface area contributed by atoms with E-state index < -0.39 is 5.79 Å². The number of benzene rings is 6. The molecule has 0 unspecified atom stereocenters. The smallest absolute Gasteiger partial charge is 0.245 e. The largest absolute Gasteiger partial charge is 0.456 e. The van der Waals surface area contributed by atoms with Crippen LogP contribution in [0.25, 0.3) is 71.7 Å². The molecule has 0 radical (unpaired) electrons.